The van der Waals surface area contributed by atoms with Gasteiger partial charge in [-0.2, -0.15) is 18.4 Å². The summed E-state index contributed by atoms with van der Waals surface area (Å²) in [6.07, 6.45) is -0.856. The van der Waals surface area contributed by atoms with Crippen molar-refractivity contribution in [3.8, 4) is 16.6 Å². The summed E-state index contributed by atoms with van der Waals surface area (Å²) in [6.45, 7) is 5.60. The van der Waals surface area contributed by atoms with E-state index >= 15 is 0 Å². The topological polar surface area (TPSA) is 64.8 Å². The van der Waals surface area contributed by atoms with E-state index in [0.29, 0.717) is 21.2 Å². The Hall–Kier alpha value is -1.83. The minimum absolute atomic E-state index is 0.0905. The molecule has 10 heteroatoms. The number of thiophene rings is 1. The standard InChI is InChI=1S/C18H20F3N5S2/c1-10-9-26(27-3)5-4-14(10)24-17-23-8-13(18(19,20)21)16(25-17)15-6-12(7-22)11(2)28-15/h6,8,10,14H,4-5,9H2,1-3H3,(H,23,24,25). The molecule has 0 aliphatic carbocycles. The van der Waals surface area contributed by atoms with Gasteiger partial charge in [0.1, 0.15) is 11.6 Å². The summed E-state index contributed by atoms with van der Waals surface area (Å²) in [4.78, 5) is 9.11. The van der Waals surface area contributed by atoms with E-state index in [0.717, 1.165) is 37.0 Å². The summed E-state index contributed by atoms with van der Waals surface area (Å²) in [5, 5.41) is 12.3. The first-order valence-corrected chi connectivity index (χ1v) is 10.7. The first-order valence-electron chi connectivity index (χ1n) is 8.73. The fourth-order valence-corrected chi connectivity index (χ4v) is 4.86. The molecule has 2 unspecified atom stereocenters. The van der Waals surface area contributed by atoms with Crippen LogP contribution in [0.25, 0.3) is 10.6 Å². The molecule has 0 radical (unpaired) electrons. The summed E-state index contributed by atoms with van der Waals surface area (Å²) in [5.41, 5.74) is -0.720. The molecule has 2 aromatic rings. The van der Waals surface area contributed by atoms with E-state index in [9.17, 15) is 13.2 Å². The van der Waals surface area contributed by atoms with Crippen LogP contribution in [0.4, 0.5) is 19.1 Å². The van der Waals surface area contributed by atoms with Crippen molar-refractivity contribution in [2.45, 2.75) is 32.5 Å². The monoisotopic (exact) mass is 427 g/mol. The van der Waals surface area contributed by atoms with Crippen LogP contribution in [0, 0.1) is 24.2 Å². The third kappa shape index (κ3) is 4.42. The second-order valence-electron chi connectivity index (χ2n) is 6.73. The van der Waals surface area contributed by atoms with Crippen LogP contribution >= 0.6 is 23.3 Å². The maximum atomic E-state index is 13.5. The first-order chi connectivity index (χ1) is 13.2. The zero-order valence-corrected chi connectivity index (χ0v) is 17.3. The van der Waals surface area contributed by atoms with E-state index in [-0.39, 0.29) is 17.7 Å². The Balaban J connectivity index is 1.93. The molecule has 2 aromatic heterocycles. The van der Waals surface area contributed by atoms with Gasteiger partial charge in [0.15, 0.2) is 0 Å². The fraction of sp³-hybridized carbons (Fsp3) is 0.500. The largest absolute Gasteiger partial charge is 0.420 e. The Morgan fingerprint density at radius 3 is 2.75 bits per heavy atom. The molecular formula is C18H20F3N5S2. The minimum atomic E-state index is -4.57. The number of nitrogens with zero attached hydrogens (tertiary/aromatic N) is 4. The van der Waals surface area contributed by atoms with Crippen LogP contribution in [-0.4, -0.2) is 39.7 Å². The molecule has 0 amide bonds. The van der Waals surface area contributed by atoms with Gasteiger partial charge in [0.05, 0.1) is 16.1 Å². The number of nitrogens with one attached hydrogen (secondary N) is 1. The number of aromatic nitrogens is 2. The van der Waals surface area contributed by atoms with Gasteiger partial charge in [-0.05, 0) is 31.6 Å². The predicted octanol–water partition coefficient (Wildman–Crippen LogP) is 4.80. The molecule has 1 aliphatic rings. The van der Waals surface area contributed by atoms with Crippen molar-refractivity contribution in [1.82, 2.24) is 14.3 Å². The molecule has 1 fully saturated rings. The highest BCUT2D eigenvalue weighted by atomic mass is 32.2. The lowest BCUT2D eigenvalue weighted by Crippen LogP contribution is -2.42. The van der Waals surface area contributed by atoms with Gasteiger partial charge in [-0.25, -0.2) is 9.97 Å². The SMILES string of the molecule is CSN1CCC(Nc2ncc(C(F)(F)F)c(-c3cc(C#N)c(C)s3)n2)C(C)C1. The van der Waals surface area contributed by atoms with E-state index < -0.39 is 11.7 Å². The lowest BCUT2D eigenvalue weighted by atomic mass is 9.95. The van der Waals surface area contributed by atoms with E-state index in [1.807, 2.05) is 12.3 Å². The molecule has 1 aliphatic heterocycles. The van der Waals surface area contributed by atoms with Crippen molar-refractivity contribution in [2.24, 2.45) is 5.92 Å². The van der Waals surface area contributed by atoms with Crippen molar-refractivity contribution >= 4 is 29.2 Å². The molecule has 0 saturated carbocycles. The maximum absolute atomic E-state index is 13.5. The van der Waals surface area contributed by atoms with Gasteiger partial charge in [-0.15, -0.1) is 11.3 Å². The normalized spacial score (nSPS) is 20.8. The number of rotatable bonds is 4. The van der Waals surface area contributed by atoms with E-state index in [1.54, 1.807) is 18.9 Å². The Morgan fingerprint density at radius 2 is 2.18 bits per heavy atom. The quantitative estimate of drug-likeness (QED) is 0.707. The van der Waals surface area contributed by atoms with Crippen LogP contribution < -0.4 is 5.32 Å². The summed E-state index contributed by atoms with van der Waals surface area (Å²) in [7, 11) is 0. The minimum Gasteiger partial charge on any atom is -0.351 e. The summed E-state index contributed by atoms with van der Waals surface area (Å²) in [6, 6.07) is 3.55. The second-order valence-corrected chi connectivity index (χ2v) is 8.87. The molecule has 150 valence electrons. The van der Waals surface area contributed by atoms with Crippen LogP contribution in [0.3, 0.4) is 0 Å². The van der Waals surface area contributed by atoms with E-state index in [4.69, 9.17) is 5.26 Å². The zero-order chi connectivity index (χ0) is 20.5. The predicted molar refractivity (Wildman–Crippen MR) is 106 cm³/mol. The highest BCUT2D eigenvalue weighted by molar-refractivity contribution is 7.96. The van der Waals surface area contributed by atoms with E-state index in [2.05, 4.69) is 26.5 Å². The highest BCUT2D eigenvalue weighted by Gasteiger charge is 2.36. The van der Waals surface area contributed by atoms with Gasteiger partial charge >= 0.3 is 6.18 Å². The number of nitriles is 1. The van der Waals surface area contributed by atoms with Gasteiger partial charge in [0, 0.05) is 30.2 Å². The van der Waals surface area contributed by atoms with Crippen molar-refractivity contribution in [1.29, 1.82) is 5.26 Å². The molecule has 3 rings (SSSR count). The Bertz CT molecular complexity index is 890. The Labute approximate surface area is 170 Å². The third-order valence-electron chi connectivity index (χ3n) is 4.81. The molecular weight excluding hydrogens is 407 g/mol. The Morgan fingerprint density at radius 1 is 1.43 bits per heavy atom. The number of hydrogen-bond acceptors (Lipinski definition) is 7. The summed E-state index contributed by atoms with van der Waals surface area (Å²) in [5.74, 6) is 0.492. The maximum Gasteiger partial charge on any atom is 0.420 e. The lowest BCUT2D eigenvalue weighted by Gasteiger charge is -2.35. The van der Waals surface area contributed by atoms with Crippen LogP contribution in [0.15, 0.2) is 12.3 Å². The fourth-order valence-electron chi connectivity index (χ4n) is 3.21. The molecule has 3 heterocycles. The molecule has 28 heavy (non-hydrogen) atoms. The number of piperidine rings is 1. The van der Waals surface area contributed by atoms with Crippen molar-refractivity contribution in [3.63, 3.8) is 0 Å². The average Bonchev–Trinajstić information content (AvgIpc) is 3.03. The number of anilines is 1. The number of halogens is 3. The number of aryl methyl sites for hydroxylation is 1. The molecule has 0 bridgehead atoms. The second kappa shape index (κ2) is 8.27. The van der Waals surface area contributed by atoms with Crippen LogP contribution in [0.5, 0.6) is 0 Å². The van der Waals surface area contributed by atoms with Crippen molar-refractivity contribution in [2.75, 3.05) is 24.7 Å². The van der Waals surface area contributed by atoms with Gasteiger partial charge in [-0.3, -0.25) is 4.31 Å². The third-order valence-corrected chi connectivity index (χ3v) is 6.71. The molecule has 1 N–H and O–H groups in total. The molecule has 0 aromatic carbocycles. The smallest absolute Gasteiger partial charge is 0.351 e. The highest BCUT2D eigenvalue weighted by Crippen LogP contribution is 2.39. The summed E-state index contributed by atoms with van der Waals surface area (Å²) < 4.78 is 42.7. The Kier molecular flexibility index (Phi) is 6.17. The molecule has 2 atom stereocenters. The zero-order valence-electron chi connectivity index (χ0n) is 15.7. The molecule has 1 saturated heterocycles. The van der Waals surface area contributed by atoms with E-state index in [1.165, 1.54) is 6.07 Å². The average molecular weight is 428 g/mol. The number of alkyl halides is 3. The van der Waals surface area contributed by atoms with Gasteiger partial charge in [-0.1, -0.05) is 18.9 Å². The van der Waals surface area contributed by atoms with Gasteiger partial charge in [0.2, 0.25) is 5.95 Å². The van der Waals surface area contributed by atoms with Crippen LogP contribution in [0.1, 0.15) is 29.3 Å². The first kappa shape index (κ1) is 20.9. The van der Waals surface area contributed by atoms with Crippen LogP contribution in [-0.2, 0) is 6.18 Å². The lowest BCUT2D eigenvalue weighted by molar-refractivity contribution is -0.137. The van der Waals surface area contributed by atoms with Crippen LogP contribution in [0.2, 0.25) is 0 Å². The summed E-state index contributed by atoms with van der Waals surface area (Å²) >= 11 is 2.82. The number of hydrogen-bond donors (Lipinski definition) is 1. The van der Waals surface area contributed by atoms with Crippen molar-refractivity contribution in [3.05, 3.63) is 28.3 Å². The van der Waals surface area contributed by atoms with Gasteiger partial charge in [0.25, 0.3) is 0 Å². The molecule has 0 spiro atoms. The molecule has 5 nitrogen and oxygen atoms in total. The van der Waals surface area contributed by atoms with Crippen molar-refractivity contribution < 1.29 is 13.2 Å². The van der Waals surface area contributed by atoms with Gasteiger partial charge < -0.3 is 5.32 Å².